The smallest absolute Gasteiger partial charge is 0.172 e. The van der Waals surface area contributed by atoms with Gasteiger partial charge in [-0.2, -0.15) is 15.3 Å². The molecule has 0 saturated heterocycles. The molecule has 3 aromatic heterocycles. The fourth-order valence-corrected chi connectivity index (χ4v) is 2.59. The Balaban J connectivity index is 1.65. The van der Waals surface area contributed by atoms with Crippen LogP contribution in [0.25, 0.3) is 22.6 Å². The molecule has 0 amide bonds. The molecule has 0 unspecified atom stereocenters. The molecule has 0 fully saturated rings. The maximum absolute atomic E-state index is 9.30. The quantitative estimate of drug-likeness (QED) is 0.543. The summed E-state index contributed by atoms with van der Waals surface area (Å²) in [5.74, 6) is 1.33. The van der Waals surface area contributed by atoms with Crippen molar-refractivity contribution in [2.75, 3.05) is 6.61 Å². The van der Waals surface area contributed by atoms with Crippen LogP contribution < -0.4 is 0 Å². The van der Waals surface area contributed by atoms with E-state index in [1.165, 1.54) is 6.33 Å². The Morgan fingerprint density at radius 3 is 2.60 bits per heavy atom. The lowest BCUT2D eigenvalue weighted by molar-refractivity contribution is 0.269. The number of aliphatic hydroxyl groups is 1. The Hall–Kier alpha value is -3.33. The second-order valence-electron chi connectivity index (χ2n) is 5.44. The number of aromatic amines is 1. The Morgan fingerprint density at radius 1 is 1.08 bits per heavy atom. The number of H-pyrrole nitrogens is 1. The minimum atomic E-state index is -0.00858. The molecule has 0 radical (unpaired) electrons. The summed E-state index contributed by atoms with van der Waals surface area (Å²) in [5, 5.41) is 24.7. The van der Waals surface area contributed by atoms with E-state index < -0.39 is 0 Å². The molecule has 0 aliphatic heterocycles. The number of hydrogen-bond acceptors (Lipinski definition) is 6. The van der Waals surface area contributed by atoms with Gasteiger partial charge < -0.3 is 5.11 Å². The Kier molecular flexibility index (Phi) is 4.05. The van der Waals surface area contributed by atoms with E-state index in [2.05, 4.69) is 30.4 Å². The van der Waals surface area contributed by atoms with Crippen molar-refractivity contribution in [3.63, 3.8) is 0 Å². The Bertz CT molecular complexity index is 925. The third-order valence-corrected chi connectivity index (χ3v) is 3.75. The van der Waals surface area contributed by atoms with Gasteiger partial charge >= 0.3 is 0 Å². The first kappa shape index (κ1) is 15.2. The van der Waals surface area contributed by atoms with Gasteiger partial charge in [0.05, 0.1) is 18.8 Å². The minimum Gasteiger partial charge on any atom is -0.394 e. The minimum absolute atomic E-state index is 0.00858. The standard InChI is InChI=1S/C16H16N8O/c25-8-7-24-16(20-15(22-24)9-23-11-17-10-19-23)13-3-1-12(2-4-13)14-5-6-18-21-14/h1-6,10-11,25H,7-9H2,(H,18,21). The van der Waals surface area contributed by atoms with Crippen LogP contribution in [0.5, 0.6) is 0 Å². The SMILES string of the molecule is OCCn1nc(Cn2cncn2)nc1-c1ccc(-c2ccn[nH]2)cc1. The summed E-state index contributed by atoms with van der Waals surface area (Å²) in [6.45, 7) is 0.797. The van der Waals surface area contributed by atoms with Crippen LogP contribution in [0, 0.1) is 0 Å². The van der Waals surface area contributed by atoms with E-state index in [0.717, 1.165) is 16.8 Å². The summed E-state index contributed by atoms with van der Waals surface area (Å²) in [4.78, 5) is 8.52. The van der Waals surface area contributed by atoms with Gasteiger partial charge in [0.1, 0.15) is 19.2 Å². The van der Waals surface area contributed by atoms with Crippen LogP contribution in [-0.2, 0) is 13.1 Å². The van der Waals surface area contributed by atoms with E-state index in [9.17, 15) is 5.11 Å². The van der Waals surface area contributed by atoms with Crippen molar-refractivity contribution in [1.29, 1.82) is 0 Å². The molecule has 3 heterocycles. The van der Waals surface area contributed by atoms with Gasteiger partial charge in [0.25, 0.3) is 0 Å². The normalized spacial score (nSPS) is 11.1. The van der Waals surface area contributed by atoms with Crippen molar-refractivity contribution in [3.05, 3.63) is 55.0 Å². The van der Waals surface area contributed by atoms with Crippen molar-refractivity contribution in [3.8, 4) is 22.6 Å². The Labute approximate surface area is 143 Å². The summed E-state index contributed by atoms with van der Waals surface area (Å²) in [6, 6.07) is 9.87. The largest absolute Gasteiger partial charge is 0.394 e. The zero-order valence-electron chi connectivity index (χ0n) is 13.3. The van der Waals surface area contributed by atoms with E-state index in [4.69, 9.17) is 0 Å². The van der Waals surface area contributed by atoms with Gasteiger partial charge in [-0.05, 0) is 11.6 Å². The molecule has 0 aliphatic rings. The van der Waals surface area contributed by atoms with Crippen LogP contribution in [-0.4, -0.2) is 51.4 Å². The molecule has 9 nitrogen and oxygen atoms in total. The third-order valence-electron chi connectivity index (χ3n) is 3.75. The molecular formula is C16H16N8O. The highest BCUT2D eigenvalue weighted by atomic mass is 16.3. The molecule has 25 heavy (non-hydrogen) atoms. The van der Waals surface area contributed by atoms with Crippen molar-refractivity contribution >= 4 is 0 Å². The summed E-state index contributed by atoms with van der Waals surface area (Å²) in [5.41, 5.74) is 2.92. The zero-order valence-corrected chi connectivity index (χ0v) is 13.3. The first-order valence-electron chi connectivity index (χ1n) is 7.80. The molecule has 0 spiro atoms. The molecule has 4 aromatic rings. The predicted octanol–water partition coefficient (Wildman–Crippen LogP) is 0.967. The monoisotopic (exact) mass is 336 g/mol. The number of aliphatic hydroxyl groups excluding tert-OH is 1. The van der Waals surface area contributed by atoms with E-state index in [1.54, 1.807) is 21.9 Å². The van der Waals surface area contributed by atoms with Crippen molar-refractivity contribution < 1.29 is 5.11 Å². The first-order valence-corrected chi connectivity index (χ1v) is 7.80. The number of benzene rings is 1. The van der Waals surface area contributed by atoms with Crippen LogP contribution in [0.4, 0.5) is 0 Å². The molecule has 0 bridgehead atoms. The molecule has 4 rings (SSSR count). The van der Waals surface area contributed by atoms with Crippen LogP contribution in [0.2, 0.25) is 0 Å². The zero-order chi connectivity index (χ0) is 17.1. The summed E-state index contributed by atoms with van der Waals surface area (Å²) in [6.07, 6.45) is 4.81. The molecular weight excluding hydrogens is 320 g/mol. The highest BCUT2D eigenvalue weighted by Gasteiger charge is 2.13. The molecule has 2 N–H and O–H groups in total. The van der Waals surface area contributed by atoms with Gasteiger partial charge in [-0.3, -0.25) is 5.10 Å². The topological polar surface area (TPSA) is 110 Å². The van der Waals surface area contributed by atoms with E-state index >= 15 is 0 Å². The summed E-state index contributed by atoms with van der Waals surface area (Å²) in [7, 11) is 0. The Morgan fingerprint density at radius 2 is 1.92 bits per heavy atom. The van der Waals surface area contributed by atoms with E-state index in [-0.39, 0.29) is 6.61 Å². The van der Waals surface area contributed by atoms with E-state index in [0.29, 0.717) is 24.7 Å². The lowest BCUT2D eigenvalue weighted by Crippen LogP contribution is -2.07. The van der Waals surface area contributed by atoms with Gasteiger partial charge in [-0.1, -0.05) is 24.3 Å². The van der Waals surface area contributed by atoms with Gasteiger partial charge in [0, 0.05) is 11.8 Å². The van der Waals surface area contributed by atoms with Gasteiger partial charge in [0.15, 0.2) is 11.6 Å². The van der Waals surface area contributed by atoms with Crippen LogP contribution in [0.15, 0.2) is 49.2 Å². The van der Waals surface area contributed by atoms with Crippen LogP contribution in [0.3, 0.4) is 0 Å². The molecule has 1 aromatic carbocycles. The fraction of sp³-hybridized carbons (Fsp3) is 0.188. The van der Waals surface area contributed by atoms with E-state index in [1.807, 2.05) is 30.3 Å². The van der Waals surface area contributed by atoms with Crippen LogP contribution in [0.1, 0.15) is 5.82 Å². The number of rotatable bonds is 6. The number of hydrogen-bond donors (Lipinski definition) is 2. The van der Waals surface area contributed by atoms with Crippen molar-refractivity contribution in [2.24, 2.45) is 0 Å². The summed E-state index contributed by atoms with van der Waals surface area (Å²) >= 11 is 0. The number of nitrogens with one attached hydrogen (secondary N) is 1. The average Bonchev–Trinajstić information content (AvgIpc) is 3.38. The second kappa shape index (κ2) is 6.65. The third kappa shape index (κ3) is 3.17. The average molecular weight is 336 g/mol. The molecule has 0 aliphatic carbocycles. The van der Waals surface area contributed by atoms with Crippen LogP contribution >= 0.6 is 0 Å². The molecule has 0 atom stereocenters. The molecule has 9 heteroatoms. The highest BCUT2D eigenvalue weighted by molar-refractivity contribution is 5.65. The van der Waals surface area contributed by atoms with Crippen molar-refractivity contribution in [1.82, 2.24) is 39.7 Å². The lowest BCUT2D eigenvalue weighted by atomic mass is 10.1. The number of nitrogens with zero attached hydrogens (tertiary/aromatic N) is 7. The predicted molar refractivity (Wildman–Crippen MR) is 89.2 cm³/mol. The van der Waals surface area contributed by atoms with Gasteiger partial charge in [0.2, 0.25) is 0 Å². The van der Waals surface area contributed by atoms with Crippen molar-refractivity contribution in [2.45, 2.75) is 13.1 Å². The maximum atomic E-state index is 9.30. The lowest BCUT2D eigenvalue weighted by Gasteiger charge is -2.05. The first-order chi connectivity index (χ1) is 12.3. The highest BCUT2D eigenvalue weighted by Crippen LogP contribution is 2.22. The molecule has 0 saturated carbocycles. The fourth-order valence-electron chi connectivity index (χ4n) is 2.59. The second-order valence-corrected chi connectivity index (χ2v) is 5.44. The maximum Gasteiger partial charge on any atom is 0.172 e. The summed E-state index contributed by atoms with van der Waals surface area (Å²) < 4.78 is 3.36. The van der Waals surface area contributed by atoms with Gasteiger partial charge in [-0.15, -0.1) is 0 Å². The molecule has 126 valence electrons. The number of aromatic nitrogens is 8. The van der Waals surface area contributed by atoms with Gasteiger partial charge in [-0.25, -0.2) is 19.3 Å².